The fourth-order valence-corrected chi connectivity index (χ4v) is 5.78. The van der Waals surface area contributed by atoms with Gasteiger partial charge in [-0.1, -0.05) is 67.4 Å². The first-order chi connectivity index (χ1) is 19.2. The van der Waals surface area contributed by atoms with Crippen LogP contribution in [0.3, 0.4) is 0 Å². The molecule has 214 valence electrons. The van der Waals surface area contributed by atoms with E-state index in [1.165, 1.54) is 17.0 Å². The number of ether oxygens (including phenoxy) is 1. The van der Waals surface area contributed by atoms with Gasteiger partial charge in [-0.15, -0.1) is 0 Å². The lowest BCUT2D eigenvalue weighted by molar-refractivity contribution is -0.139. The van der Waals surface area contributed by atoms with Crippen LogP contribution in [0.2, 0.25) is 5.02 Å². The largest absolute Gasteiger partial charge is 0.492 e. The Morgan fingerprint density at radius 2 is 1.68 bits per heavy atom. The third-order valence-corrected chi connectivity index (χ3v) is 8.29. The highest BCUT2D eigenvalue weighted by Gasteiger charge is 2.33. The highest BCUT2D eigenvalue weighted by molar-refractivity contribution is 7.92. The van der Waals surface area contributed by atoms with Crippen molar-refractivity contribution in [3.05, 3.63) is 89.4 Å². The number of rotatable bonds is 14. The summed E-state index contributed by atoms with van der Waals surface area (Å²) in [5, 5.41) is 3.36. The number of unbranched alkanes of at least 4 members (excludes halogenated alkanes) is 1. The van der Waals surface area contributed by atoms with Gasteiger partial charge in [0.05, 0.1) is 17.2 Å². The van der Waals surface area contributed by atoms with Gasteiger partial charge < -0.3 is 15.0 Å². The molecule has 3 aromatic carbocycles. The molecule has 3 rings (SSSR count). The van der Waals surface area contributed by atoms with Gasteiger partial charge in [-0.05, 0) is 62.2 Å². The number of sulfonamides is 1. The molecule has 0 aliphatic heterocycles. The summed E-state index contributed by atoms with van der Waals surface area (Å²) in [5.74, 6) is -0.552. The molecule has 1 N–H and O–H groups in total. The Bertz CT molecular complexity index is 1380. The Labute approximate surface area is 241 Å². The highest BCUT2D eigenvalue weighted by Crippen LogP contribution is 2.33. The molecule has 2 amide bonds. The summed E-state index contributed by atoms with van der Waals surface area (Å²) in [6.45, 7) is 5.75. The van der Waals surface area contributed by atoms with E-state index >= 15 is 0 Å². The number of para-hydroxylation sites is 2. The van der Waals surface area contributed by atoms with Crippen molar-refractivity contribution in [1.29, 1.82) is 0 Å². The van der Waals surface area contributed by atoms with Crippen LogP contribution >= 0.6 is 11.6 Å². The van der Waals surface area contributed by atoms with Crippen molar-refractivity contribution in [3.63, 3.8) is 0 Å². The minimum absolute atomic E-state index is 0.0286. The summed E-state index contributed by atoms with van der Waals surface area (Å²) in [5.41, 5.74) is 0.936. The van der Waals surface area contributed by atoms with Gasteiger partial charge >= 0.3 is 0 Å². The predicted molar refractivity (Wildman–Crippen MR) is 158 cm³/mol. The molecule has 8 nitrogen and oxygen atoms in total. The molecule has 0 heterocycles. The van der Waals surface area contributed by atoms with Crippen LogP contribution < -0.4 is 14.4 Å². The minimum atomic E-state index is -4.18. The molecule has 40 heavy (non-hydrogen) atoms. The third kappa shape index (κ3) is 7.99. The third-order valence-electron chi connectivity index (χ3n) is 6.28. The SMILES string of the molecule is CCCCNC(=O)C(C)N(Cc1cccc(Cl)c1)C(=O)CN(c1ccccc1OCC)S(=O)(=O)c1ccccc1. The number of nitrogens with one attached hydrogen (secondary N) is 1. The molecular weight excluding hydrogens is 550 g/mol. The van der Waals surface area contributed by atoms with Crippen LogP contribution in [0, 0.1) is 0 Å². The van der Waals surface area contributed by atoms with E-state index in [2.05, 4.69) is 5.32 Å². The Kier molecular flexibility index (Phi) is 11.4. The molecule has 0 aliphatic rings. The lowest BCUT2D eigenvalue weighted by atomic mass is 10.1. The zero-order valence-electron chi connectivity index (χ0n) is 23.0. The lowest BCUT2D eigenvalue weighted by Crippen LogP contribution is -2.51. The standard InChI is InChI=1S/C30H36ClN3O5S/c1-4-6-19-32-30(36)23(3)33(21-24-13-12-14-25(31)20-24)29(35)22-34(27-17-10-11-18-28(27)39-5-2)40(37,38)26-15-8-7-9-16-26/h7-18,20,23H,4-6,19,21-22H2,1-3H3,(H,32,36). The van der Waals surface area contributed by atoms with Crippen molar-refractivity contribution >= 4 is 39.1 Å². The number of carbonyl (C=O) groups excluding carboxylic acids is 2. The summed E-state index contributed by atoms with van der Waals surface area (Å²) < 4.78 is 34.6. The fourth-order valence-electron chi connectivity index (χ4n) is 4.12. The quantitative estimate of drug-likeness (QED) is 0.260. The maximum absolute atomic E-state index is 14.0. The van der Waals surface area contributed by atoms with Gasteiger partial charge in [0.15, 0.2) is 0 Å². The molecule has 0 spiro atoms. The number of halogens is 1. The Hall–Kier alpha value is -3.56. The number of benzene rings is 3. The maximum atomic E-state index is 14.0. The number of amides is 2. The van der Waals surface area contributed by atoms with Crippen LogP contribution in [0.4, 0.5) is 5.69 Å². The van der Waals surface area contributed by atoms with Crippen LogP contribution in [0.15, 0.2) is 83.8 Å². The smallest absolute Gasteiger partial charge is 0.264 e. The van der Waals surface area contributed by atoms with E-state index in [1.54, 1.807) is 80.6 Å². The molecular formula is C30H36ClN3O5S. The number of carbonyl (C=O) groups is 2. The zero-order chi connectivity index (χ0) is 29.1. The summed E-state index contributed by atoms with van der Waals surface area (Å²) >= 11 is 6.19. The van der Waals surface area contributed by atoms with E-state index in [0.29, 0.717) is 29.5 Å². The van der Waals surface area contributed by atoms with Crippen molar-refractivity contribution in [2.45, 2.75) is 51.1 Å². The van der Waals surface area contributed by atoms with Crippen LogP contribution in [-0.4, -0.2) is 50.9 Å². The van der Waals surface area contributed by atoms with Gasteiger partial charge in [0.2, 0.25) is 11.8 Å². The second-order valence-electron chi connectivity index (χ2n) is 9.20. The molecule has 0 aliphatic carbocycles. The van der Waals surface area contributed by atoms with E-state index in [1.807, 2.05) is 6.92 Å². The molecule has 10 heteroatoms. The summed E-state index contributed by atoms with van der Waals surface area (Å²) in [6.07, 6.45) is 1.71. The van der Waals surface area contributed by atoms with Crippen molar-refractivity contribution in [1.82, 2.24) is 10.2 Å². The van der Waals surface area contributed by atoms with E-state index in [0.717, 1.165) is 17.1 Å². The van der Waals surface area contributed by atoms with Crippen molar-refractivity contribution in [2.75, 3.05) is 24.0 Å². The molecule has 0 bridgehead atoms. The molecule has 0 aromatic heterocycles. The van der Waals surface area contributed by atoms with Crippen molar-refractivity contribution in [3.8, 4) is 5.75 Å². The van der Waals surface area contributed by atoms with Crippen molar-refractivity contribution < 1.29 is 22.7 Å². The van der Waals surface area contributed by atoms with E-state index in [-0.39, 0.29) is 23.0 Å². The predicted octanol–water partition coefficient (Wildman–Crippen LogP) is 5.27. The minimum Gasteiger partial charge on any atom is -0.492 e. The van der Waals surface area contributed by atoms with Crippen LogP contribution in [0.1, 0.15) is 39.2 Å². The van der Waals surface area contributed by atoms with Crippen LogP contribution in [0.25, 0.3) is 0 Å². The average Bonchev–Trinajstić information content (AvgIpc) is 2.95. The second kappa shape index (κ2) is 14.7. The molecule has 3 aromatic rings. The first kappa shape index (κ1) is 31.0. The molecule has 0 saturated heterocycles. The monoisotopic (exact) mass is 585 g/mol. The van der Waals surface area contributed by atoms with E-state index < -0.39 is 28.5 Å². The number of nitrogens with zero attached hydrogens (tertiary/aromatic N) is 2. The van der Waals surface area contributed by atoms with Gasteiger partial charge in [0.25, 0.3) is 10.0 Å². The topological polar surface area (TPSA) is 96.0 Å². The highest BCUT2D eigenvalue weighted by atomic mass is 35.5. The van der Waals surface area contributed by atoms with Crippen LogP contribution in [0.5, 0.6) is 5.75 Å². The van der Waals surface area contributed by atoms with Gasteiger partial charge in [-0.3, -0.25) is 13.9 Å². The summed E-state index contributed by atoms with van der Waals surface area (Å²) in [4.78, 5) is 28.5. The van der Waals surface area contributed by atoms with Gasteiger partial charge in [-0.25, -0.2) is 8.42 Å². The zero-order valence-corrected chi connectivity index (χ0v) is 24.6. The number of hydrogen-bond acceptors (Lipinski definition) is 5. The molecule has 1 atom stereocenters. The Morgan fingerprint density at radius 3 is 2.35 bits per heavy atom. The van der Waals surface area contributed by atoms with E-state index in [4.69, 9.17) is 16.3 Å². The van der Waals surface area contributed by atoms with Crippen molar-refractivity contribution in [2.24, 2.45) is 0 Å². The van der Waals surface area contributed by atoms with Gasteiger partial charge in [0, 0.05) is 18.1 Å². The van der Waals surface area contributed by atoms with E-state index in [9.17, 15) is 18.0 Å². The fraction of sp³-hybridized carbons (Fsp3) is 0.333. The number of anilines is 1. The summed E-state index contributed by atoms with van der Waals surface area (Å²) in [7, 11) is -4.18. The first-order valence-electron chi connectivity index (χ1n) is 13.3. The average molecular weight is 586 g/mol. The number of hydrogen-bond donors (Lipinski definition) is 1. The Balaban J connectivity index is 2.04. The van der Waals surface area contributed by atoms with Gasteiger partial charge in [0.1, 0.15) is 18.3 Å². The molecule has 1 unspecified atom stereocenters. The Morgan fingerprint density at radius 1 is 0.975 bits per heavy atom. The summed E-state index contributed by atoms with van der Waals surface area (Å²) in [6, 6.07) is 20.7. The molecule has 0 fully saturated rings. The van der Waals surface area contributed by atoms with Gasteiger partial charge in [-0.2, -0.15) is 0 Å². The maximum Gasteiger partial charge on any atom is 0.264 e. The van der Waals surface area contributed by atoms with Crippen LogP contribution in [-0.2, 0) is 26.2 Å². The molecule has 0 saturated carbocycles. The molecule has 0 radical (unpaired) electrons. The lowest BCUT2D eigenvalue weighted by Gasteiger charge is -2.32. The second-order valence-corrected chi connectivity index (χ2v) is 11.5. The normalized spacial score (nSPS) is 11.9. The first-order valence-corrected chi connectivity index (χ1v) is 15.1.